The van der Waals surface area contributed by atoms with Gasteiger partial charge in [-0.25, -0.2) is 0 Å². The SMILES string of the molecule is CCCCCCCCCCNc1ccc2nccnc2c1. The number of benzene rings is 1. The number of nitrogens with one attached hydrogen (secondary N) is 1. The number of nitrogens with zero attached hydrogens (tertiary/aromatic N) is 2. The van der Waals surface area contributed by atoms with Gasteiger partial charge in [-0.15, -0.1) is 0 Å². The van der Waals surface area contributed by atoms with Crippen molar-refractivity contribution >= 4 is 16.7 Å². The lowest BCUT2D eigenvalue weighted by Gasteiger charge is -2.07. The van der Waals surface area contributed by atoms with E-state index in [1.54, 1.807) is 12.4 Å². The van der Waals surface area contributed by atoms with Crippen molar-refractivity contribution < 1.29 is 0 Å². The Morgan fingerprint density at radius 3 is 2.24 bits per heavy atom. The van der Waals surface area contributed by atoms with Crippen LogP contribution < -0.4 is 5.32 Å². The second-order valence-corrected chi connectivity index (χ2v) is 5.66. The van der Waals surface area contributed by atoms with E-state index in [-0.39, 0.29) is 0 Å². The first-order valence-electron chi connectivity index (χ1n) is 8.35. The molecule has 2 aromatic rings. The number of hydrogen-bond acceptors (Lipinski definition) is 3. The van der Waals surface area contributed by atoms with E-state index in [9.17, 15) is 0 Å². The molecule has 2 rings (SSSR count). The summed E-state index contributed by atoms with van der Waals surface area (Å²) in [6.45, 7) is 3.31. The Morgan fingerprint density at radius 2 is 1.48 bits per heavy atom. The molecule has 114 valence electrons. The predicted molar refractivity (Wildman–Crippen MR) is 90.6 cm³/mol. The summed E-state index contributed by atoms with van der Waals surface area (Å²) in [5.74, 6) is 0. The molecule has 0 fully saturated rings. The molecular formula is C18H27N3. The first-order chi connectivity index (χ1) is 10.4. The Bertz CT molecular complexity index is 525. The van der Waals surface area contributed by atoms with Crippen molar-refractivity contribution in [3.8, 4) is 0 Å². The number of fused-ring (bicyclic) bond motifs is 1. The van der Waals surface area contributed by atoms with Gasteiger partial charge in [0.05, 0.1) is 11.0 Å². The van der Waals surface area contributed by atoms with Crippen LogP contribution in [0, 0.1) is 0 Å². The second-order valence-electron chi connectivity index (χ2n) is 5.66. The standard InChI is InChI=1S/C18H27N3/c1-2-3-4-5-6-7-8-9-12-19-16-10-11-17-18(15-16)21-14-13-20-17/h10-11,13-15,19H,2-9,12H2,1H3. The zero-order chi connectivity index (χ0) is 14.8. The maximum Gasteiger partial charge on any atom is 0.0907 e. The Labute approximate surface area is 128 Å². The van der Waals surface area contributed by atoms with Gasteiger partial charge in [0.25, 0.3) is 0 Å². The van der Waals surface area contributed by atoms with Crippen LogP contribution in [-0.2, 0) is 0 Å². The third kappa shape index (κ3) is 5.70. The van der Waals surface area contributed by atoms with Crippen LogP contribution in [0.4, 0.5) is 5.69 Å². The minimum atomic E-state index is 0.954. The van der Waals surface area contributed by atoms with E-state index < -0.39 is 0 Å². The van der Waals surface area contributed by atoms with Crippen molar-refractivity contribution in [2.75, 3.05) is 11.9 Å². The number of aromatic nitrogens is 2. The van der Waals surface area contributed by atoms with Crippen molar-refractivity contribution in [3.63, 3.8) is 0 Å². The summed E-state index contributed by atoms with van der Waals surface area (Å²) in [6.07, 6.45) is 14.4. The maximum absolute atomic E-state index is 4.33. The second kappa shape index (κ2) is 9.32. The van der Waals surface area contributed by atoms with Crippen LogP contribution in [0.15, 0.2) is 30.6 Å². The van der Waals surface area contributed by atoms with Gasteiger partial charge in [0.2, 0.25) is 0 Å². The van der Waals surface area contributed by atoms with Gasteiger partial charge < -0.3 is 5.32 Å². The van der Waals surface area contributed by atoms with Crippen LogP contribution in [0.5, 0.6) is 0 Å². The highest BCUT2D eigenvalue weighted by Crippen LogP contribution is 2.15. The van der Waals surface area contributed by atoms with E-state index in [0.717, 1.165) is 23.3 Å². The van der Waals surface area contributed by atoms with Gasteiger partial charge >= 0.3 is 0 Å². The molecule has 1 N–H and O–H groups in total. The van der Waals surface area contributed by atoms with Gasteiger partial charge in [-0.2, -0.15) is 0 Å². The van der Waals surface area contributed by atoms with Crippen LogP contribution in [0.3, 0.4) is 0 Å². The van der Waals surface area contributed by atoms with Crippen molar-refractivity contribution in [2.45, 2.75) is 58.3 Å². The highest BCUT2D eigenvalue weighted by molar-refractivity contribution is 5.78. The lowest BCUT2D eigenvalue weighted by Crippen LogP contribution is -2.01. The van der Waals surface area contributed by atoms with Gasteiger partial charge in [-0.1, -0.05) is 51.9 Å². The fourth-order valence-electron chi connectivity index (χ4n) is 2.56. The Hall–Kier alpha value is -1.64. The van der Waals surface area contributed by atoms with Crippen LogP contribution in [0.2, 0.25) is 0 Å². The van der Waals surface area contributed by atoms with Crippen LogP contribution in [0.1, 0.15) is 58.3 Å². The first kappa shape index (κ1) is 15.7. The summed E-state index contributed by atoms with van der Waals surface area (Å²) in [7, 11) is 0. The Balaban J connectivity index is 1.59. The molecule has 0 atom stereocenters. The first-order valence-corrected chi connectivity index (χ1v) is 8.35. The number of hydrogen-bond donors (Lipinski definition) is 1. The van der Waals surface area contributed by atoms with Gasteiger partial charge in [0.1, 0.15) is 0 Å². The van der Waals surface area contributed by atoms with Gasteiger partial charge in [-0.3, -0.25) is 9.97 Å². The molecule has 3 heteroatoms. The van der Waals surface area contributed by atoms with Crippen molar-refractivity contribution in [2.24, 2.45) is 0 Å². The van der Waals surface area contributed by atoms with E-state index in [4.69, 9.17) is 0 Å². The summed E-state index contributed by atoms with van der Waals surface area (Å²) in [6, 6.07) is 6.19. The molecule has 0 bridgehead atoms. The summed E-state index contributed by atoms with van der Waals surface area (Å²) < 4.78 is 0. The molecule has 0 spiro atoms. The van der Waals surface area contributed by atoms with E-state index in [0.29, 0.717) is 0 Å². The van der Waals surface area contributed by atoms with Gasteiger partial charge in [-0.05, 0) is 24.6 Å². The topological polar surface area (TPSA) is 37.8 Å². The van der Waals surface area contributed by atoms with Crippen LogP contribution >= 0.6 is 0 Å². The molecule has 21 heavy (non-hydrogen) atoms. The van der Waals surface area contributed by atoms with E-state index >= 15 is 0 Å². The van der Waals surface area contributed by atoms with E-state index in [1.165, 1.54) is 51.4 Å². The zero-order valence-electron chi connectivity index (χ0n) is 13.1. The third-order valence-corrected chi connectivity index (χ3v) is 3.83. The molecule has 1 aromatic carbocycles. The molecule has 0 radical (unpaired) electrons. The highest BCUT2D eigenvalue weighted by Gasteiger charge is 1.97. The summed E-state index contributed by atoms with van der Waals surface area (Å²) in [5, 5.41) is 3.48. The molecule has 1 aromatic heterocycles. The summed E-state index contributed by atoms with van der Waals surface area (Å²) >= 11 is 0. The molecule has 0 aliphatic carbocycles. The zero-order valence-corrected chi connectivity index (χ0v) is 13.1. The normalized spacial score (nSPS) is 10.9. The molecule has 0 saturated carbocycles. The predicted octanol–water partition coefficient (Wildman–Crippen LogP) is 5.18. The summed E-state index contributed by atoms with van der Waals surface area (Å²) in [4.78, 5) is 8.62. The van der Waals surface area contributed by atoms with Crippen molar-refractivity contribution in [3.05, 3.63) is 30.6 Å². The van der Waals surface area contributed by atoms with Crippen LogP contribution in [-0.4, -0.2) is 16.5 Å². The minimum Gasteiger partial charge on any atom is -0.385 e. The quantitative estimate of drug-likeness (QED) is 0.611. The van der Waals surface area contributed by atoms with E-state index in [1.807, 2.05) is 6.07 Å². The molecule has 0 aliphatic heterocycles. The smallest absolute Gasteiger partial charge is 0.0907 e. The van der Waals surface area contributed by atoms with Crippen molar-refractivity contribution in [1.82, 2.24) is 9.97 Å². The average Bonchev–Trinajstić information content (AvgIpc) is 2.53. The molecule has 0 unspecified atom stereocenters. The van der Waals surface area contributed by atoms with Crippen molar-refractivity contribution in [1.29, 1.82) is 0 Å². The largest absolute Gasteiger partial charge is 0.385 e. The Kier molecular flexibility index (Phi) is 6.99. The number of rotatable bonds is 10. The maximum atomic E-state index is 4.33. The summed E-state index contributed by atoms with van der Waals surface area (Å²) in [5.41, 5.74) is 3.06. The van der Waals surface area contributed by atoms with Crippen LogP contribution in [0.25, 0.3) is 11.0 Å². The number of anilines is 1. The fourth-order valence-corrected chi connectivity index (χ4v) is 2.56. The minimum absolute atomic E-state index is 0.954. The Morgan fingerprint density at radius 1 is 0.810 bits per heavy atom. The fraction of sp³-hybridized carbons (Fsp3) is 0.556. The number of unbranched alkanes of at least 4 members (excludes halogenated alkanes) is 7. The van der Waals surface area contributed by atoms with Gasteiger partial charge in [0.15, 0.2) is 0 Å². The van der Waals surface area contributed by atoms with E-state index in [2.05, 4.69) is 34.3 Å². The monoisotopic (exact) mass is 285 g/mol. The average molecular weight is 285 g/mol. The molecular weight excluding hydrogens is 258 g/mol. The molecule has 3 nitrogen and oxygen atoms in total. The third-order valence-electron chi connectivity index (χ3n) is 3.83. The molecule has 1 heterocycles. The highest BCUT2D eigenvalue weighted by atomic mass is 14.9. The molecule has 0 aliphatic rings. The lowest BCUT2D eigenvalue weighted by molar-refractivity contribution is 0.581. The molecule has 0 amide bonds. The molecule has 0 saturated heterocycles. The lowest BCUT2D eigenvalue weighted by atomic mass is 10.1. The van der Waals surface area contributed by atoms with Gasteiger partial charge in [0, 0.05) is 24.6 Å².